The van der Waals surface area contributed by atoms with Crippen LogP contribution in [0.25, 0.3) is 11.2 Å². The maximum atomic E-state index is 12.7. The first-order valence-corrected chi connectivity index (χ1v) is 8.92. The van der Waals surface area contributed by atoms with Crippen molar-refractivity contribution >= 4 is 28.8 Å². The average Bonchev–Trinajstić information content (AvgIpc) is 2.76. The maximum Gasteiger partial charge on any atom is 0.236 e. The van der Waals surface area contributed by atoms with E-state index in [9.17, 15) is 4.79 Å². The molecule has 1 N–H and O–H groups in total. The van der Waals surface area contributed by atoms with Gasteiger partial charge in [0.15, 0.2) is 10.8 Å². The summed E-state index contributed by atoms with van der Waals surface area (Å²) in [7, 11) is 0. The third kappa shape index (κ3) is 3.43. The highest BCUT2D eigenvalue weighted by Crippen LogP contribution is 2.26. The molecule has 3 rings (SSSR count). The number of pyridine rings is 1. The van der Waals surface area contributed by atoms with Gasteiger partial charge in [0.25, 0.3) is 0 Å². The van der Waals surface area contributed by atoms with Gasteiger partial charge < -0.3 is 9.88 Å². The predicted octanol–water partition coefficient (Wildman–Crippen LogP) is 3.23. The van der Waals surface area contributed by atoms with Crippen molar-refractivity contribution in [1.82, 2.24) is 19.9 Å². The van der Waals surface area contributed by atoms with E-state index in [1.807, 2.05) is 17.0 Å². The molecule has 0 aromatic carbocycles. The van der Waals surface area contributed by atoms with Crippen molar-refractivity contribution in [3.8, 4) is 0 Å². The van der Waals surface area contributed by atoms with Gasteiger partial charge in [0.05, 0.1) is 10.8 Å². The fourth-order valence-corrected chi connectivity index (χ4v) is 3.81. The number of aromatic nitrogens is 3. The second kappa shape index (κ2) is 7.13. The lowest BCUT2D eigenvalue weighted by Crippen LogP contribution is -2.38. The molecule has 6 heteroatoms. The lowest BCUT2D eigenvalue weighted by atomic mass is 10.2. The number of likely N-dealkylation sites (tertiary alicyclic amines) is 1. The number of rotatable bonds is 4. The molecule has 0 aliphatic carbocycles. The number of amides is 1. The molecule has 0 saturated carbocycles. The summed E-state index contributed by atoms with van der Waals surface area (Å²) in [6.45, 7) is 3.86. The highest BCUT2D eigenvalue weighted by Gasteiger charge is 2.25. The molecule has 5 nitrogen and oxygen atoms in total. The monoisotopic (exact) mass is 318 g/mol. The number of thioether (sulfide) groups is 1. The van der Waals surface area contributed by atoms with Crippen LogP contribution in [-0.2, 0) is 4.79 Å². The SMILES string of the molecule is CC[C@H](Sc1nc2ncccc2[nH]1)C(=O)N1CCCCCC1. The first kappa shape index (κ1) is 15.3. The molecule has 1 atom stereocenters. The van der Waals surface area contributed by atoms with Gasteiger partial charge in [-0.25, -0.2) is 9.97 Å². The zero-order valence-corrected chi connectivity index (χ0v) is 13.7. The van der Waals surface area contributed by atoms with Crippen LogP contribution in [0.5, 0.6) is 0 Å². The summed E-state index contributed by atoms with van der Waals surface area (Å²) in [6.07, 6.45) is 7.27. The van der Waals surface area contributed by atoms with E-state index in [0.29, 0.717) is 5.65 Å². The summed E-state index contributed by atoms with van der Waals surface area (Å²) >= 11 is 1.53. The molecule has 1 saturated heterocycles. The minimum absolute atomic E-state index is 0.0707. The van der Waals surface area contributed by atoms with Gasteiger partial charge in [0.1, 0.15) is 0 Å². The van der Waals surface area contributed by atoms with Gasteiger partial charge in [-0.2, -0.15) is 0 Å². The maximum absolute atomic E-state index is 12.7. The van der Waals surface area contributed by atoms with E-state index in [4.69, 9.17) is 0 Å². The normalized spacial score (nSPS) is 17.4. The predicted molar refractivity (Wildman–Crippen MR) is 88.9 cm³/mol. The summed E-state index contributed by atoms with van der Waals surface area (Å²) in [5.74, 6) is 0.253. The number of nitrogens with one attached hydrogen (secondary N) is 1. The standard InChI is InChI=1S/C16H22N4OS/c1-2-13(15(21)20-10-5-3-4-6-11-20)22-16-18-12-8-7-9-17-14(12)19-16/h7-9,13H,2-6,10-11H2,1H3,(H,17,18,19)/t13-/m0/s1. The number of carbonyl (C=O) groups excluding carboxylic acids is 1. The van der Waals surface area contributed by atoms with E-state index in [1.54, 1.807) is 6.20 Å². The Labute approximate surface area is 134 Å². The number of nitrogens with zero attached hydrogens (tertiary/aromatic N) is 3. The summed E-state index contributed by atoms with van der Waals surface area (Å²) < 4.78 is 0. The van der Waals surface area contributed by atoms with Crippen molar-refractivity contribution in [2.75, 3.05) is 13.1 Å². The molecule has 1 aliphatic heterocycles. The minimum atomic E-state index is -0.0707. The third-order valence-electron chi connectivity index (χ3n) is 4.05. The third-order valence-corrected chi connectivity index (χ3v) is 5.29. The van der Waals surface area contributed by atoms with Crippen molar-refractivity contribution in [2.24, 2.45) is 0 Å². The van der Waals surface area contributed by atoms with Gasteiger partial charge in [-0.1, -0.05) is 31.5 Å². The highest BCUT2D eigenvalue weighted by molar-refractivity contribution is 8.00. The lowest BCUT2D eigenvalue weighted by Gasteiger charge is -2.24. The van der Waals surface area contributed by atoms with Gasteiger partial charge >= 0.3 is 0 Å². The van der Waals surface area contributed by atoms with Crippen LogP contribution >= 0.6 is 11.8 Å². The van der Waals surface area contributed by atoms with Crippen LogP contribution in [-0.4, -0.2) is 44.1 Å². The van der Waals surface area contributed by atoms with E-state index in [0.717, 1.165) is 43.0 Å². The minimum Gasteiger partial charge on any atom is -0.342 e. The molecule has 1 aliphatic rings. The van der Waals surface area contributed by atoms with Gasteiger partial charge in [-0.05, 0) is 31.4 Å². The van der Waals surface area contributed by atoms with E-state index in [2.05, 4.69) is 21.9 Å². The largest absolute Gasteiger partial charge is 0.342 e. The average molecular weight is 318 g/mol. The van der Waals surface area contributed by atoms with E-state index in [1.165, 1.54) is 24.6 Å². The number of H-pyrrole nitrogens is 1. The zero-order valence-electron chi connectivity index (χ0n) is 12.9. The topological polar surface area (TPSA) is 61.9 Å². The Balaban J connectivity index is 1.71. The van der Waals surface area contributed by atoms with Gasteiger partial charge in [0.2, 0.25) is 5.91 Å². The Morgan fingerprint density at radius 1 is 1.36 bits per heavy atom. The molecular weight excluding hydrogens is 296 g/mol. The van der Waals surface area contributed by atoms with Crippen molar-refractivity contribution in [3.63, 3.8) is 0 Å². The first-order valence-electron chi connectivity index (χ1n) is 8.04. The zero-order chi connectivity index (χ0) is 15.4. The van der Waals surface area contributed by atoms with Crippen LogP contribution in [0.1, 0.15) is 39.0 Å². The number of imidazole rings is 1. The summed E-state index contributed by atoms with van der Waals surface area (Å²) in [6, 6.07) is 3.84. The molecule has 118 valence electrons. The molecule has 0 radical (unpaired) electrons. The van der Waals surface area contributed by atoms with E-state index < -0.39 is 0 Å². The second-order valence-electron chi connectivity index (χ2n) is 5.67. The fraction of sp³-hybridized carbons (Fsp3) is 0.562. The van der Waals surface area contributed by atoms with Crippen LogP contribution in [0.2, 0.25) is 0 Å². The molecule has 0 spiro atoms. The quantitative estimate of drug-likeness (QED) is 0.879. The molecule has 2 aromatic rings. The van der Waals surface area contributed by atoms with Crippen molar-refractivity contribution in [1.29, 1.82) is 0 Å². The Morgan fingerprint density at radius 3 is 2.82 bits per heavy atom. The summed E-state index contributed by atoms with van der Waals surface area (Å²) in [4.78, 5) is 26.7. The number of hydrogen-bond acceptors (Lipinski definition) is 4. The second-order valence-corrected chi connectivity index (χ2v) is 6.86. The van der Waals surface area contributed by atoms with Gasteiger partial charge in [-0.15, -0.1) is 0 Å². The van der Waals surface area contributed by atoms with Crippen LogP contribution < -0.4 is 0 Å². The fourth-order valence-electron chi connectivity index (χ4n) is 2.82. The molecule has 0 unspecified atom stereocenters. The Bertz CT molecular complexity index is 601. The Hall–Kier alpha value is -1.56. The molecule has 2 aromatic heterocycles. The molecular formula is C16H22N4OS. The molecule has 0 bridgehead atoms. The lowest BCUT2D eigenvalue weighted by molar-refractivity contribution is -0.130. The smallest absolute Gasteiger partial charge is 0.236 e. The van der Waals surface area contributed by atoms with Crippen molar-refractivity contribution in [2.45, 2.75) is 49.4 Å². The van der Waals surface area contributed by atoms with E-state index >= 15 is 0 Å². The number of carbonyl (C=O) groups is 1. The van der Waals surface area contributed by atoms with Gasteiger partial charge in [0, 0.05) is 19.3 Å². The number of fused-ring (bicyclic) bond motifs is 1. The van der Waals surface area contributed by atoms with Crippen LogP contribution in [0.4, 0.5) is 0 Å². The van der Waals surface area contributed by atoms with Crippen molar-refractivity contribution in [3.05, 3.63) is 18.3 Å². The Morgan fingerprint density at radius 2 is 2.14 bits per heavy atom. The van der Waals surface area contributed by atoms with Crippen LogP contribution in [0.15, 0.2) is 23.5 Å². The molecule has 1 amide bonds. The highest BCUT2D eigenvalue weighted by atomic mass is 32.2. The van der Waals surface area contributed by atoms with Gasteiger partial charge in [-0.3, -0.25) is 4.79 Å². The Kier molecular flexibility index (Phi) is 4.97. The molecule has 1 fully saturated rings. The molecule has 22 heavy (non-hydrogen) atoms. The van der Waals surface area contributed by atoms with E-state index in [-0.39, 0.29) is 11.2 Å². The van der Waals surface area contributed by atoms with Crippen LogP contribution in [0, 0.1) is 0 Å². The summed E-state index contributed by atoms with van der Waals surface area (Å²) in [5, 5.41) is 0.711. The van der Waals surface area contributed by atoms with Crippen molar-refractivity contribution < 1.29 is 4.79 Å². The summed E-state index contributed by atoms with van der Waals surface area (Å²) in [5.41, 5.74) is 1.63. The number of aromatic amines is 1. The molecule has 3 heterocycles. The number of hydrogen-bond donors (Lipinski definition) is 1. The van der Waals surface area contributed by atoms with Crippen LogP contribution in [0.3, 0.4) is 0 Å². The first-order chi connectivity index (χ1) is 10.8.